The van der Waals surface area contributed by atoms with E-state index in [1.807, 2.05) is 19.1 Å². The van der Waals surface area contributed by atoms with Crippen LogP contribution in [0.2, 0.25) is 0 Å². The first-order valence-corrected chi connectivity index (χ1v) is 11.5. The fourth-order valence-electron chi connectivity index (χ4n) is 3.08. The number of hydrogen-bond acceptors (Lipinski definition) is 7. The number of esters is 1. The molecule has 2 heterocycles. The number of nitrogens with one attached hydrogen (secondary N) is 1. The van der Waals surface area contributed by atoms with Crippen LogP contribution in [0.5, 0.6) is 0 Å². The van der Waals surface area contributed by atoms with Crippen molar-refractivity contribution in [2.24, 2.45) is 0 Å². The minimum Gasteiger partial charge on any atom is -0.457 e. The van der Waals surface area contributed by atoms with Gasteiger partial charge in [-0.3, -0.25) is 14.5 Å². The zero-order valence-corrected chi connectivity index (χ0v) is 20.0. The highest BCUT2D eigenvalue weighted by Crippen LogP contribution is 2.32. The maximum atomic E-state index is 12.3. The molecule has 0 bridgehead atoms. The van der Waals surface area contributed by atoms with Crippen LogP contribution < -0.4 is 5.32 Å². The number of rotatable bonds is 6. The molecule has 1 saturated heterocycles. The lowest BCUT2D eigenvalue weighted by atomic mass is 10.1. The van der Waals surface area contributed by atoms with Crippen molar-refractivity contribution < 1.29 is 23.5 Å². The molecule has 0 unspecified atom stereocenters. The molecule has 0 spiro atoms. The number of hydrogen-bond donors (Lipinski definition) is 1. The van der Waals surface area contributed by atoms with E-state index in [4.69, 9.17) is 21.4 Å². The zero-order valence-electron chi connectivity index (χ0n) is 18.4. The summed E-state index contributed by atoms with van der Waals surface area (Å²) in [6.07, 6.45) is 1.65. The smallest absolute Gasteiger partial charge is 0.338 e. The molecular formula is C25H20N2O5S2. The van der Waals surface area contributed by atoms with Crippen molar-refractivity contribution in [1.29, 1.82) is 0 Å². The van der Waals surface area contributed by atoms with Gasteiger partial charge in [0.1, 0.15) is 15.8 Å². The van der Waals surface area contributed by atoms with Crippen molar-refractivity contribution >= 4 is 57.8 Å². The van der Waals surface area contributed by atoms with Crippen LogP contribution in [0.3, 0.4) is 0 Å². The van der Waals surface area contributed by atoms with E-state index in [1.165, 1.54) is 16.7 Å². The summed E-state index contributed by atoms with van der Waals surface area (Å²) in [6, 6.07) is 17.5. The molecular weight excluding hydrogens is 472 g/mol. The highest BCUT2D eigenvalue weighted by Gasteiger charge is 2.29. The molecule has 7 nitrogen and oxygen atoms in total. The van der Waals surface area contributed by atoms with Gasteiger partial charge in [0, 0.05) is 24.4 Å². The summed E-state index contributed by atoms with van der Waals surface area (Å²) in [7, 11) is 1.63. The number of anilines is 1. The minimum absolute atomic E-state index is 0.164. The summed E-state index contributed by atoms with van der Waals surface area (Å²) in [5.74, 6) is -0.0877. The van der Waals surface area contributed by atoms with E-state index in [1.54, 1.807) is 61.7 Å². The number of furan rings is 1. The van der Waals surface area contributed by atoms with Gasteiger partial charge in [-0.25, -0.2) is 4.79 Å². The number of nitrogens with zero attached hydrogens (tertiary/aromatic N) is 1. The van der Waals surface area contributed by atoms with Crippen LogP contribution in [-0.2, 0) is 14.3 Å². The maximum Gasteiger partial charge on any atom is 0.338 e. The van der Waals surface area contributed by atoms with Gasteiger partial charge in [-0.15, -0.1) is 0 Å². The van der Waals surface area contributed by atoms with Crippen LogP contribution in [0.25, 0.3) is 17.4 Å². The van der Waals surface area contributed by atoms with Crippen LogP contribution in [0.4, 0.5) is 5.69 Å². The molecule has 0 atom stereocenters. The van der Waals surface area contributed by atoms with Crippen LogP contribution in [0, 0.1) is 6.92 Å². The van der Waals surface area contributed by atoms with Crippen molar-refractivity contribution in [3.63, 3.8) is 0 Å². The van der Waals surface area contributed by atoms with Crippen LogP contribution in [0.1, 0.15) is 21.7 Å². The topological polar surface area (TPSA) is 88.9 Å². The average Bonchev–Trinajstić information content (AvgIpc) is 3.39. The first-order chi connectivity index (χ1) is 16.3. The maximum absolute atomic E-state index is 12.3. The lowest BCUT2D eigenvalue weighted by molar-refractivity contribution is -0.121. The van der Waals surface area contributed by atoms with Gasteiger partial charge in [-0.05, 0) is 43.3 Å². The van der Waals surface area contributed by atoms with Crippen molar-refractivity contribution in [3.05, 3.63) is 82.5 Å². The van der Waals surface area contributed by atoms with Crippen molar-refractivity contribution in [2.45, 2.75) is 6.92 Å². The summed E-state index contributed by atoms with van der Waals surface area (Å²) in [6.45, 7) is 1.56. The Morgan fingerprint density at radius 3 is 2.44 bits per heavy atom. The Morgan fingerprint density at radius 2 is 1.79 bits per heavy atom. The number of carbonyl (C=O) groups is 3. The van der Waals surface area contributed by atoms with E-state index in [2.05, 4.69) is 5.32 Å². The van der Waals surface area contributed by atoms with E-state index in [0.717, 1.165) is 11.1 Å². The zero-order chi connectivity index (χ0) is 24.2. The van der Waals surface area contributed by atoms with Gasteiger partial charge >= 0.3 is 5.97 Å². The fourth-order valence-corrected chi connectivity index (χ4v) is 4.24. The fraction of sp³-hybridized carbons (Fsp3) is 0.120. The van der Waals surface area contributed by atoms with E-state index >= 15 is 0 Å². The molecule has 1 fully saturated rings. The highest BCUT2D eigenvalue weighted by atomic mass is 32.2. The second-order valence-electron chi connectivity index (χ2n) is 7.51. The number of ether oxygens (including phenoxy) is 1. The third kappa shape index (κ3) is 5.44. The standard InChI is InChI=1S/C25H20N2O5S2/c1-15-3-9-18(10-4-15)26-22(28)14-31-24(30)17-7-5-16(6-8-17)20-12-11-19(32-20)13-21-23(29)27(2)25(33)34-21/h3-13H,14H2,1-2H3,(H,26,28). The Kier molecular flexibility index (Phi) is 6.95. The van der Waals surface area contributed by atoms with E-state index in [9.17, 15) is 14.4 Å². The normalized spacial score (nSPS) is 14.5. The summed E-state index contributed by atoms with van der Waals surface area (Å²) in [5.41, 5.74) is 2.77. The molecule has 3 aromatic rings. The number of likely N-dealkylation sites (N-methyl/N-ethyl adjacent to an activating group) is 1. The largest absolute Gasteiger partial charge is 0.457 e. The summed E-state index contributed by atoms with van der Waals surface area (Å²) >= 11 is 6.35. The molecule has 1 N–H and O–H groups in total. The van der Waals surface area contributed by atoms with Gasteiger partial charge in [0.25, 0.3) is 11.8 Å². The predicted molar refractivity (Wildman–Crippen MR) is 135 cm³/mol. The van der Waals surface area contributed by atoms with E-state index < -0.39 is 11.9 Å². The van der Waals surface area contributed by atoms with E-state index in [-0.39, 0.29) is 12.5 Å². The Hall–Kier alpha value is -3.69. The molecule has 34 heavy (non-hydrogen) atoms. The van der Waals surface area contributed by atoms with Crippen LogP contribution in [0.15, 0.2) is 70.0 Å². The number of benzene rings is 2. The second kappa shape index (κ2) is 10.1. The van der Waals surface area contributed by atoms with E-state index in [0.29, 0.717) is 32.0 Å². The van der Waals surface area contributed by atoms with Gasteiger partial charge in [0.05, 0.1) is 10.5 Å². The molecule has 4 rings (SSSR count). The third-order valence-electron chi connectivity index (χ3n) is 4.96. The third-order valence-corrected chi connectivity index (χ3v) is 6.45. The average molecular weight is 493 g/mol. The second-order valence-corrected chi connectivity index (χ2v) is 9.19. The highest BCUT2D eigenvalue weighted by molar-refractivity contribution is 8.26. The lowest BCUT2D eigenvalue weighted by Gasteiger charge is -2.07. The van der Waals surface area contributed by atoms with Gasteiger partial charge < -0.3 is 14.5 Å². The summed E-state index contributed by atoms with van der Waals surface area (Å²) in [4.78, 5) is 38.4. The Bertz CT molecular complexity index is 1290. The molecule has 1 aromatic heterocycles. The number of thiocarbonyl (C=S) groups is 1. The first-order valence-electron chi connectivity index (χ1n) is 10.3. The quantitative estimate of drug-likeness (QED) is 0.298. The van der Waals surface area contributed by atoms with Crippen molar-refractivity contribution in [3.8, 4) is 11.3 Å². The molecule has 2 amide bonds. The molecule has 2 aromatic carbocycles. The van der Waals surface area contributed by atoms with Crippen molar-refractivity contribution in [2.75, 3.05) is 19.0 Å². The van der Waals surface area contributed by atoms with Crippen molar-refractivity contribution in [1.82, 2.24) is 4.90 Å². The van der Waals surface area contributed by atoms with Gasteiger partial charge in [-0.2, -0.15) is 0 Å². The SMILES string of the molecule is Cc1ccc(NC(=O)COC(=O)c2ccc(-c3ccc(C=C4SC(=S)N(C)C4=O)o3)cc2)cc1. The monoisotopic (exact) mass is 492 g/mol. The van der Waals surface area contributed by atoms with Crippen LogP contribution in [-0.4, -0.2) is 40.7 Å². The molecule has 0 aliphatic carbocycles. The minimum atomic E-state index is -0.604. The lowest BCUT2D eigenvalue weighted by Crippen LogP contribution is -2.22. The number of carbonyl (C=O) groups excluding carboxylic acids is 3. The first kappa shape index (κ1) is 23.5. The number of aryl methyl sites for hydroxylation is 1. The predicted octanol–water partition coefficient (Wildman–Crippen LogP) is 4.88. The molecule has 172 valence electrons. The number of thioether (sulfide) groups is 1. The Morgan fingerprint density at radius 1 is 1.09 bits per heavy atom. The van der Waals surface area contributed by atoms with Gasteiger partial charge in [0.15, 0.2) is 6.61 Å². The molecule has 1 aliphatic rings. The van der Waals surface area contributed by atoms with Gasteiger partial charge in [-0.1, -0.05) is 53.8 Å². The Balaban J connectivity index is 1.34. The number of amides is 2. The molecule has 9 heteroatoms. The summed E-state index contributed by atoms with van der Waals surface area (Å²) in [5, 5.41) is 2.68. The van der Waals surface area contributed by atoms with Crippen LogP contribution >= 0.6 is 24.0 Å². The summed E-state index contributed by atoms with van der Waals surface area (Å²) < 4.78 is 11.4. The molecule has 0 radical (unpaired) electrons. The van der Waals surface area contributed by atoms with Gasteiger partial charge in [0.2, 0.25) is 0 Å². The molecule has 1 aliphatic heterocycles. The molecule has 0 saturated carbocycles. The Labute approximate surface area is 205 Å².